The van der Waals surface area contributed by atoms with Crippen molar-refractivity contribution in [1.29, 1.82) is 0 Å². The number of carbonyl (C=O) groups excluding carboxylic acids is 1. The molecule has 0 atom stereocenters. The maximum absolute atomic E-state index is 11.7. The molecule has 1 aliphatic carbocycles. The highest BCUT2D eigenvalue weighted by atomic mass is 32.2. The monoisotopic (exact) mass is 284 g/mol. The Bertz CT molecular complexity index is 531. The predicted molar refractivity (Wildman–Crippen MR) is 69.2 cm³/mol. The Morgan fingerprint density at radius 1 is 1.26 bits per heavy atom. The lowest BCUT2D eigenvalue weighted by Gasteiger charge is -2.34. The van der Waals surface area contributed by atoms with Gasteiger partial charge >= 0.3 is 5.97 Å². The van der Waals surface area contributed by atoms with E-state index in [2.05, 4.69) is 4.18 Å². The first-order chi connectivity index (χ1) is 9.00. The van der Waals surface area contributed by atoms with Crippen molar-refractivity contribution in [3.63, 3.8) is 0 Å². The van der Waals surface area contributed by atoms with Gasteiger partial charge in [0.05, 0.1) is 18.4 Å². The second-order valence-corrected chi connectivity index (χ2v) is 6.40. The zero-order chi connectivity index (χ0) is 13.9. The summed E-state index contributed by atoms with van der Waals surface area (Å²) in [4.78, 5) is 11.7. The lowest BCUT2D eigenvalue weighted by Crippen LogP contribution is -2.37. The molecule has 0 bridgehead atoms. The second-order valence-electron chi connectivity index (χ2n) is 4.62. The molecule has 1 aliphatic rings. The largest absolute Gasteiger partial charge is 0.459 e. The number of carbonyl (C=O) groups is 1. The van der Waals surface area contributed by atoms with Crippen LogP contribution >= 0.6 is 0 Å². The molecule has 104 valence electrons. The molecule has 5 nitrogen and oxygen atoms in total. The van der Waals surface area contributed by atoms with Gasteiger partial charge in [-0.2, -0.15) is 8.42 Å². The Morgan fingerprint density at radius 2 is 1.89 bits per heavy atom. The van der Waals surface area contributed by atoms with E-state index in [1.54, 1.807) is 24.3 Å². The molecule has 0 heterocycles. The molecule has 19 heavy (non-hydrogen) atoms. The van der Waals surface area contributed by atoms with Crippen molar-refractivity contribution in [3.8, 4) is 0 Å². The number of hydrogen-bond donors (Lipinski definition) is 0. The summed E-state index contributed by atoms with van der Waals surface area (Å²) in [7, 11) is -2.27. The number of rotatable bonds is 5. The van der Waals surface area contributed by atoms with Crippen LogP contribution in [0.25, 0.3) is 0 Å². The van der Waals surface area contributed by atoms with E-state index in [-0.39, 0.29) is 23.7 Å². The van der Waals surface area contributed by atoms with Gasteiger partial charge in [0.1, 0.15) is 6.10 Å². The Kier molecular flexibility index (Phi) is 4.21. The highest BCUT2D eigenvalue weighted by Crippen LogP contribution is 2.32. The second kappa shape index (κ2) is 5.71. The van der Waals surface area contributed by atoms with E-state index in [0.29, 0.717) is 18.4 Å². The molecule has 0 amide bonds. The van der Waals surface area contributed by atoms with E-state index in [9.17, 15) is 13.2 Å². The minimum absolute atomic E-state index is 0.0110. The van der Waals surface area contributed by atoms with Gasteiger partial charge in [-0.1, -0.05) is 18.2 Å². The SMILES string of the molecule is COS(=O)(=O)CC1CC(OC(=O)c2ccccc2)C1. The van der Waals surface area contributed by atoms with Crippen molar-refractivity contribution >= 4 is 16.1 Å². The van der Waals surface area contributed by atoms with Crippen LogP contribution in [0.2, 0.25) is 0 Å². The smallest absolute Gasteiger partial charge is 0.338 e. The van der Waals surface area contributed by atoms with Crippen LogP contribution in [0, 0.1) is 5.92 Å². The van der Waals surface area contributed by atoms with Gasteiger partial charge in [0.15, 0.2) is 0 Å². The fourth-order valence-corrected chi connectivity index (χ4v) is 3.04. The van der Waals surface area contributed by atoms with Crippen molar-refractivity contribution in [2.45, 2.75) is 18.9 Å². The van der Waals surface area contributed by atoms with Crippen LogP contribution in [0.15, 0.2) is 30.3 Å². The van der Waals surface area contributed by atoms with Crippen LogP contribution < -0.4 is 0 Å². The minimum atomic E-state index is -3.42. The van der Waals surface area contributed by atoms with Gasteiger partial charge in [-0.25, -0.2) is 4.79 Å². The van der Waals surface area contributed by atoms with Gasteiger partial charge in [0.25, 0.3) is 10.1 Å². The summed E-state index contributed by atoms with van der Waals surface area (Å²) in [5.74, 6) is -0.361. The zero-order valence-corrected chi connectivity index (χ0v) is 11.4. The van der Waals surface area contributed by atoms with Gasteiger partial charge in [-0.05, 0) is 30.9 Å². The Balaban J connectivity index is 1.78. The first-order valence-electron chi connectivity index (χ1n) is 6.04. The van der Waals surface area contributed by atoms with Gasteiger partial charge in [-0.3, -0.25) is 4.18 Å². The lowest BCUT2D eigenvalue weighted by atomic mass is 9.84. The lowest BCUT2D eigenvalue weighted by molar-refractivity contribution is -0.00696. The maximum Gasteiger partial charge on any atom is 0.338 e. The summed E-state index contributed by atoms with van der Waals surface area (Å²) in [5, 5.41) is 0. The molecule has 1 saturated carbocycles. The number of hydrogen-bond acceptors (Lipinski definition) is 5. The third-order valence-electron chi connectivity index (χ3n) is 3.17. The van der Waals surface area contributed by atoms with E-state index in [4.69, 9.17) is 4.74 Å². The van der Waals surface area contributed by atoms with Crippen LogP contribution in [0.5, 0.6) is 0 Å². The van der Waals surface area contributed by atoms with E-state index in [0.717, 1.165) is 7.11 Å². The summed E-state index contributed by atoms with van der Waals surface area (Å²) >= 11 is 0. The summed E-state index contributed by atoms with van der Waals surface area (Å²) in [6.07, 6.45) is 0.951. The first-order valence-corrected chi connectivity index (χ1v) is 7.62. The molecule has 1 fully saturated rings. The fourth-order valence-electron chi connectivity index (χ4n) is 2.06. The summed E-state index contributed by atoms with van der Waals surface area (Å²) < 4.78 is 32.1. The van der Waals surface area contributed by atoms with Crippen LogP contribution in [0.4, 0.5) is 0 Å². The Labute approximate surface area is 112 Å². The Hall–Kier alpha value is -1.40. The third kappa shape index (κ3) is 3.78. The van der Waals surface area contributed by atoms with Crippen LogP contribution in [0.3, 0.4) is 0 Å². The molecule has 0 N–H and O–H groups in total. The van der Waals surface area contributed by atoms with Crippen molar-refractivity contribution in [2.75, 3.05) is 12.9 Å². The summed E-state index contributed by atoms with van der Waals surface area (Å²) in [6.45, 7) is 0. The maximum atomic E-state index is 11.7. The average Bonchev–Trinajstić information content (AvgIpc) is 2.37. The molecule has 1 aromatic carbocycles. The van der Waals surface area contributed by atoms with Gasteiger partial charge < -0.3 is 4.74 Å². The van der Waals surface area contributed by atoms with Crippen LogP contribution in [-0.2, 0) is 19.0 Å². The highest BCUT2D eigenvalue weighted by molar-refractivity contribution is 7.86. The molecule has 0 aromatic heterocycles. The number of esters is 1. The van der Waals surface area contributed by atoms with Crippen molar-refractivity contribution in [3.05, 3.63) is 35.9 Å². The quantitative estimate of drug-likeness (QED) is 0.606. The summed E-state index contributed by atoms with van der Waals surface area (Å²) in [6, 6.07) is 8.74. The molecule has 6 heteroatoms. The van der Waals surface area contributed by atoms with Crippen molar-refractivity contribution in [2.24, 2.45) is 5.92 Å². The average molecular weight is 284 g/mol. The fraction of sp³-hybridized carbons (Fsp3) is 0.462. The molecule has 0 unspecified atom stereocenters. The summed E-state index contributed by atoms with van der Waals surface area (Å²) in [5.41, 5.74) is 0.510. The highest BCUT2D eigenvalue weighted by Gasteiger charge is 2.35. The predicted octanol–water partition coefficient (Wildman–Crippen LogP) is 1.60. The van der Waals surface area contributed by atoms with E-state index < -0.39 is 10.1 Å². The van der Waals surface area contributed by atoms with Crippen LogP contribution in [0.1, 0.15) is 23.2 Å². The van der Waals surface area contributed by atoms with E-state index in [1.807, 2.05) is 6.07 Å². The van der Waals surface area contributed by atoms with Crippen LogP contribution in [-0.4, -0.2) is 33.4 Å². The molecular formula is C13H16O5S. The van der Waals surface area contributed by atoms with E-state index in [1.165, 1.54) is 0 Å². The van der Waals surface area contributed by atoms with Gasteiger partial charge in [0, 0.05) is 0 Å². The van der Waals surface area contributed by atoms with Crippen molar-refractivity contribution in [1.82, 2.24) is 0 Å². The third-order valence-corrected chi connectivity index (χ3v) is 4.56. The molecule has 1 aromatic rings. The number of ether oxygens (including phenoxy) is 1. The zero-order valence-electron chi connectivity index (χ0n) is 10.6. The number of benzene rings is 1. The van der Waals surface area contributed by atoms with Gasteiger partial charge in [-0.15, -0.1) is 0 Å². The molecule has 2 rings (SSSR count). The topological polar surface area (TPSA) is 69.7 Å². The standard InChI is InChI=1S/C13H16O5S/c1-17-19(15,16)9-10-7-12(8-10)18-13(14)11-5-3-2-4-6-11/h2-6,10,12H,7-9H2,1H3. The molecule has 0 radical (unpaired) electrons. The van der Waals surface area contributed by atoms with E-state index >= 15 is 0 Å². The van der Waals surface area contributed by atoms with Crippen molar-refractivity contribution < 1.29 is 22.1 Å². The Morgan fingerprint density at radius 3 is 2.47 bits per heavy atom. The molecule has 0 spiro atoms. The minimum Gasteiger partial charge on any atom is -0.459 e. The molecular weight excluding hydrogens is 268 g/mol. The molecule has 0 aliphatic heterocycles. The first kappa shape index (κ1) is 14.0. The van der Waals surface area contributed by atoms with Gasteiger partial charge in [0.2, 0.25) is 0 Å². The molecule has 0 saturated heterocycles. The normalized spacial score (nSPS) is 22.6.